The highest BCUT2D eigenvalue weighted by Crippen LogP contribution is 2.42. The summed E-state index contributed by atoms with van der Waals surface area (Å²) in [5.74, 6) is 0. The van der Waals surface area contributed by atoms with Crippen molar-refractivity contribution in [2.75, 3.05) is 13.2 Å². The lowest BCUT2D eigenvalue weighted by atomic mass is 10.2. The van der Waals surface area contributed by atoms with Gasteiger partial charge < -0.3 is 4.74 Å². The Morgan fingerprint density at radius 3 is 2.67 bits per heavy atom. The van der Waals surface area contributed by atoms with Crippen LogP contribution in [-0.4, -0.2) is 27.7 Å². The van der Waals surface area contributed by atoms with Gasteiger partial charge in [0.15, 0.2) is 0 Å². The van der Waals surface area contributed by atoms with Crippen LogP contribution < -0.4 is 4.72 Å². The van der Waals surface area contributed by atoms with Crippen LogP contribution in [0.15, 0.2) is 9.37 Å². The first-order valence-electron chi connectivity index (χ1n) is 5.16. The second-order valence-corrected chi connectivity index (χ2v) is 8.50. The predicted octanol–water partition coefficient (Wildman–Crippen LogP) is 3.27. The van der Waals surface area contributed by atoms with Crippen LogP contribution in [0.5, 0.6) is 0 Å². The topological polar surface area (TPSA) is 55.4 Å². The second kappa shape index (κ2) is 5.95. The molecule has 2 rings (SSSR count). The first-order valence-corrected chi connectivity index (χ1v) is 9.01. The van der Waals surface area contributed by atoms with E-state index in [9.17, 15) is 8.42 Å². The van der Waals surface area contributed by atoms with Crippen molar-refractivity contribution in [3.63, 3.8) is 0 Å². The van der Waals surface area contributed by atoms with Crippen LogP contribution in [0.3, 0.4) is 0 Å². The molecule has 1 unspecified atom stereocenters. The molecule has 0 saturated carbocycles. The lowest BCUT2D eigenvalue weighted by molar-refractivity contribution is 0.114. The Labute approximate surface area is 128 Å². The zero-order chi connectivity index (χ0) is 13.3. The summed E-state index contributed by atoms with van der Waals surface area (Å²) < 4.78 is 32.8. The molecule has 1 aromatic rings. The van der Waals surface area contributed by atoms with Crippen molar-refractivity contribution in [1.29, 1.82) is 0 Å². The molecule has 1 atom stereocenters. The molecule has 1 aliphatic heterocycles. The first-order chi connectivity index (χ1) is 8.42. The van der Waals surface area contributed by atoms with Crippen molar-refractivity contribution in [1.82, 2.24) is 4.72 Å². The molecule has 2 heterocycles. The van der Waals surface area contributed by atoms with Gasteiger partial charge >= 0.3 is 0 Å². The molecule has 4 nitrogen and oxygen atoms in total. The minimum absolute atomic E-state index is 0.00263. The summed E-state index contributed by atoms with van der Waals surface area (Å²) in [5.41, 5.74) is 0. The maximum Gasteiger partial charge on any atom is 0.244 e. The zero-order valence-electron chi connectivity index (χ0n) is 9.08. The Kier molecular flexibility index (Phi) is 4.97. The van der Waals surface area contributed by atoms with Crippen LogP contribution in [0.2, 0.25) is 8.67 Å². The Balaban J connectivity index is 2.14. The van der Waals surface area contributed by atoms with Gasteiger partial charge in [0, 0.05) is 13.2 Å². The van der Waals surface area contributed by atoms with Gasteiger partial charge in [0.1, 0.15) is 13.6 Å². The molecule has 1 saturated heterocycles. The molecule has 0 aliphatic carbocycles. The molecular weight excluding hydrogens is 385 g/mol. The number of hydrogen-bond acceptors (Lipinski definition) is 4. The van der Waals surface area contributed by atoms with Gasteiger partial charge in [-0.05, 0) is 28.8 Å². The molecule has 1 aliphatic rings. The molecular formula is C9H10BrCl2NO3S2. The number of halogens is 3. The van der Waals surface area contributed by atoms with Crippen LogP contribution in [0.4, 0.5) is 0 Å². The average molecular weight is 395 g/mol. The van der Waals surface area contributed by atoms with Crippen molar-refractivity contribution in [3.8, 4) is 0 Å². The highest BCUT2D eigenvalue weighted by molar-refractivity contribution is 9.10. The fraction of sp³-hybridized carbons (Fsp3) is 0.556. The molecule has 9 heteroatoms. The average Bonchev–Trinajstić information content (AvgIpc) is 2.86. The van der Waals surface area contributed by atoms with E-state index >= 15 is 0 Å². The van der Waals surface area contributed by atoms with Crippen molar-refractivity contribution >= 4 is 60.5 Å². The minimum Gasteiger partial charge on any atom is -0.377 e. The third-order valence-electron chi connectivity index (χ3n) is 2.52. The standard InChI is InChI=1S/C9H10BrCl2NO3S2/c10-6-7(9(12)17-8(6)11)18(14,15)13-4-5-2-1-3-16-5/h5,13H,1-4H2. The number of sulfonamides is 1. The van der Waals surface area contributed by atoms with E-state index in [1.54, 1.807) is 0 Å². The molecule has 1 N–H and O–H groups in total. The van der Waals surface area contributed by atoms with Gasteiger partial charge in [-0.2, -0.15) is 0 Å². The summed E-state index contributed by atoms with van der Waals surface area (Å²) in [4.78, 5) is -0.00263. The first kappa shape index (κ1) is 15.0. The van der Waals surface area contributed by atoms with Gasteiger partial charge in [0.05, 0.1) is 10.6 Å². The molecule has 1 aromatic heterocycles. The summed E-state index contributed by atoms with van der Waals surface area (Å²) in [6.07, 6.45) is 1.76. The maximum absolute atomic E-state index is 12.1. The summed E-state index contributed by atoms with van der Waals surface area (Å²) in [7, 11) is -3.67. The van der Waals surface area contributed by atoms with Crippen molar-refractivity contribution in [2.45, 2.75) is 23.8 Å². The van der Waals surface area contributed by atoms with Gasteiger partial charge in [-0.15, -0.1) is 11.3 Å². The van der Waals surface area contributed by atoms with E-state index in [1.165, 1.54) is 0 Å². The van der Waals surface area contributed by atoms with Gasteiger partial charge in [-0.25, -0.2) is 13.1 Å². The van der Waals surface area contributed by atoms with Crippen LogP contribution >= 0.6 is 50.5 Å². The van der Waals surface area contributed by atoms with E-state index in [1.807, 2.05) is 0 Å². The Bertz CT molecular complexity index is 540. The van der Waals surface area contributed by atoms with Crippen LogP contribution in [0, 0.1) is 0 Å². The van der Waals surface area contributed by atoms with Crippen molar-refractivity contribution < 1.29 is 13.2 Å². The maximum atomic E-state index is 12.1. The van der Waals surface area contributed by atoms with E-state index in [2.05, 4.69) is 20.7 Å². The van der Waals surface area contributed by atoms with Crippen molar-refractivity contribution in [3.05, 3.63) is 13.1 Å². The fourth-order valence-electron chi connectivity index (χ4n) is 1.65. The Hall–Kier alpha value is 0.630. The molecule has 0 aromatic carbocycles. The second-order valence-electron chi connectivity index (χ2n) is 3.78. The fourth-order valence-corrected chi connectivity index (χ4v) is 6.27. The van der Waals surface area contributed by atoms with E-state index in [0.717, 1.165) is 24.2 Å². The zero-order valence-corrected chi connectivity index (χ0v) is 13.8. The number of nitrogens with one attached hydrogen (secondary N) is 1. The van der Waals surface area contributed by atoms with Crippen molar-refractivity contribution in [2.24, 2.45) is 0 Å². The number of ether oxygens (including phenoxy) is 1. The molecule has 18 heavy (non-hydrogen) atoms. The largest absolute Gasteiger partial charge is 0.377 e. The van der Waals surface area contributed by atoms with E-state index in [4.69, 9.17) is 27.9 Å². The summed E-state index contributed by atoms with van der Waals surface area (Å²) in [6.45, 7) is 0.930. The van der Waals surface area contributed by atoms with Gasteiger partial charge in [0.25, 0.3) is 0 Å². The third-order valence-corrected chi connectivity index (χ3v) is 7.41. The SMILES string of the molecule is O=S(=O)(NCC1CCCO1)c1c(Cl)sc(Cl)c1Br. The van der Waals surface area contributed by atoms with E-state index in [-0.39, 0.29) is 21.9 Å². The van der Waals surface area contributed by atoms with Gasteiger partial charge in [-0.3, -0.25) is 0 Å². The predicted molar refractivity (Wildman–Crippen MR) is 76.2 cm³/mol. The van der Waals surface area contributed by atoms with E-state index in [0.29, 0.717) is 15.4 Å². The normalized spacial score (nSPS) is 20.5. The summed E-state index contributed by atoms with van der Waals surface area (Å²) in [6, 6.07) is 0. The Morgan fingerprint density at radius 1 is 1.44 bits per heavy atom. The lowest BCUT2D eigenvalue weighted by Gasteiger charge is -2.11. The van der Waals surface area contributed by atoms with Gasteiger partial charge in [-0.1, -0.05) is 23.2 Å². The molecule has 0 spiro atoms. The molecule has 0 bridgehead atoms. The Morgan fingerprint density at radius 2 is 2.17 bits per heavy atom. The van der Waals surface area contributed by atoms with Crippen LogP contribution in [0.1, 0.15) is 12.8 Å². The van der Waals surface area contributed by atoms with Crippen LogP contribution in [0.25, 0.3) is 0 Å². The monoisotopic (exact) mass is 393 g/mol. The smallest absolute Gasteiger partial charge is 0.244 e. The van der Waals surface area contributed by atoms with Gasteiger partial charge in [0.2, 0.25) is 10.0 Å². The minimum atomic E-state index is -3.67. The highest BCUT2D eigenvalue weighted by Gasteiger charge is 2.27. The molecule has 1 fully saturated rings. The molecule has 0 radical (unpaired) electrons. The quantitative estimate of drug-likeness (QED) is 0.852. The number of rotatable bonds is 4. The lowest BCUT2D eigenvalue weighted by Crippen LogP contribution is -2.31. The summed E-state index contributed by atoms with van der Waals surface area (Å²) in [5, 5.41) is 0. The van der Waals surface area contributed by atoms with Crippen LogP contribution in [-0.2, 0) is 14.8 Å². The third kappa shape index (κ3) is 3.20. The summed E-state index contributed by atoms with van der Waals surface area (Å²) >= 11 is 15.9. The van der Waals surface area contributed by atoms with E-state index < -0.39 is 10.0 Å². The number of thiophene rings is 1. The highest BCUT2D eigenvalue weighted by atomic mass is 79.9. The number of hydrogen-bond donors (Lipinski definition) is 1. The molecule has 102 valence electrons. The molecule has 0 amide bonds.